The molecule has 0 atom stereocenters. The fourth-order valence-electron chi connectivity index (χ4n) is 1.61. The summed E-state index contributed by atoms with van der Waals surface area (Å²) in [5, 5.41) is 21.9. The number of carboxylic acids is 1. The van der Waals surface area contributed by atoms with Gasteiger partial charge in [-0.1, -0.05) is 0 Å². The monoisotopic (exact) mass is 332 g/mol. The van der Waals surface area contributed by atoms with Crippen molar-refractivity contribution in [3.63, 3.8) is 0 Å². The normalized spacial score (nSPS) is 9.79. The molecule has 8 heteroatoms. The van der Waals surface area contributed by atoms with Gasteiger partial charge in [0.25, 0.3) is 5.69 Å². The van der Waals surface area contributed by atoms with Crippen molar-refractivity contribution in [1.82, 2.24) is 9.88 Å². The molecule has 1 aromatic carbocycles. The van der Waals surface area contributed by atoms with E-state index in [9.17, 15) is 14.9 Å². The summed E-state index contributed by atoms with van der Waals surface area (Å²) in [5.41, 5.74) is 1.24. The van der Waals surface area contributed by atoms with Crippen molar-refractivity contribution in [2.45, 2.75) is 0 Å². The molecule has 0 aliphatic rings. The van der Waals surface area contributed by atoms with Crippen LogP contribution in [0, 0.1) is 10.1 Å². The Balaban J connectivity index is 0.000000272. The van der Waals surface area contributed by atoms with Gasteiger partial charge in [0, 0.05) is 43.3 Å². The summed E-state index contributed by atoms with van der Waals surface area (Å²) >= 11 is 0. The number of non-ortho nitro benzene ring substituents is 1. The van der Waals surface area contributed by atoms with Crippen molar-refractivity contribution in [2.75, 3.05) is 32.5 Å². The van der Waals surface area contributed by atoms with Crippen molar-refractivity contribution in [3.05, 3.63) is 64.5 Å². The van der Waals surface area contributed by atoms with Gasteiger partial charge in [-0.15, -0.1) is 0 Å². The van der Waals surface area contributed by atoms with E-state index in [1.807, 2.05) is 14.1 Å². The zero-order valence-corrected chi connectivity index (χ0v) is 13.5. The van der Waals surface area contributed by atoms with Crippen molar-refractivity contribution in [1.29, 1.82) is 0 Å². The van der Waals surface area contributed by atoms with Gasteiger partial charge in [0.1, 0.15) is 0 Å². The number of carboxylic acid groups (broad SMARTS) is 1. The van der Waals surface area contributed by atoms with E-state index in [-0.39, 0.29) is 11.3 Å². The van der Waals surface area contributed by atoms with E-state index >= 15 is 0 Å². The molecule has 2 aromatic rings. The van der Waals surface area contributed by atoms with Crippen molar-refractivity contribution < 1.29 is 14.8 Å². The predicted molar refractivity (Wildman–Crippen MR) is 91.3 cm³/mol. The van der Waals surface area contributed by atoms with E-state index in [1.54, 1.807) is 18.2 Å². The molecule has 0 aliphatic heterocycles. The number of aromatic carboxylic acids is 1. The molecule has 0 bridgehead atoms. The maximum atomic E-state index is 10.4. The minimum Gasteiger partial charge on any atom is -0.478 e. The van der Waals surface area contributed by atoms with Crippen LogP contribution in [0.1, 0.15) is 10.4 Å². The van der Waals surface area contributed by atoms with Crippen molar-refractivity contribution in [3.8, 4) is 0 Å². The second kappa shape index (κ2) is 9.90. The summed E-state index contributed by atoms with van der Waals surface area (Å²) in [6.45, 7) is 1.75. The van der Waals surface area contributed by atoms with Crippen LogP contribution in [0.5, 0.6) is 0 Å². The van der Waals surface area contributed by atoms with Crippen LogP contribution in [0.4, 0.5) is 11.4 Å². The number of hydrogen-bond donors (Lipinski definition) is 2. The summed E-state index contributed by atoms with van der Waals surface area (Å²) in [5.74, 6) is -0.942. The molecule has 0 amide bonds. The topological polar surface area (TPSA) is 109 Å². The summed E-state index contributed by atoms with van der Waals surface area (Å²) in [6.07, 6.45) is 2.84. The molecular formula is C16H20N4O4. The summed E-state index contributed by atoms with van der Waals surface area (Å²) in [4.78, 5) is 25.8. The second-order valence-corrected chi connectivity index (χ2v) is 5.08. The highest BCUT2D eigenvalue weighted by molar-refractivity contribution is 5.86. The van der Waals surface area contributed by atoms with Crippen molar-refractivity contribution in [2.24, 2.45) is 0 Å². The predicted octanol–water partition coefficient (Wildman–Crippen LogP) is 2.35. The number of carbonyl (C=O) groups is 1. The third-order valence-electron chi connectivity index (χ3n) is 2.87. The maximum absolute atomic E-state index is 10.4. The standard InChI is InChI=1S/C10H15N3O2.C6H5NO2/c1-12(2)8-7-11-9-3-5-10(6-4-9)13(14)15;8-6(9)5-2-1-3-7-4-5/h3-6,11H,7-8H2,1-2H3;1-4H,(H,8,9). The molecule has 24 heavy (non-hydrogen) atoms. The number of nitro groups is 1. The number of nitro benzene ring substituents is 1. The van der Waals surface area contributed by atoms with Crippen LogP contribution in [-0.4, -0.2) is 53.1 Å². The van der Waals surface area contributed by atoms with Gasteiger partial charge in [0.05, 0.1) is 10.5 Å². The second-order valence-electron chi connectivity index (χ2n) is 5.08. The number of likely N-dealkylation sites (N-methyl/N-ethyl adjacent to an activating group) is 1. The minimum atomic E-state index is -0.942. The Labute approximate surface area is 139 Å². The van der Waals surface area contributed by atoms with Crippen LogP contribution >= 0.6 is 0 Å². The van der Waals surface area contributed by atoms with Gasteiger partial charge in [0.2, 0.25) is 0 Å². The van der Waals surface area contributed by atoms with Gasteiger partial charge < -0.3 is 15.3 Å². The molecule has 128 valence electrons. The first-order chi connectivity index (χ1) is 11.4. The van der Waals surface area contributed by atoms with Gasteiger partial charge in [-0.3, -0.25) is 15.1 Å². The lowest BCUT2D eigenvalue weighted by Gasteiger charge is -2.10. The van der Waals surface area contributed by atoms with E-state index in [0.29, 0.717) is 0 Å². The number of nitrogens with one attached hydrogen (secondary N) is 1. The van der Waals surface area contributed by atoms with Crippen LogP contribution in [0.3, 0.4) is 0 Å². The largest absolute Gasteiger partial charge is 0.478 e. The van der Waals surface area contributed by atoms with E-state index in [0.717, 1.165) is 18.8 Å². The van der Waals surface area contributed by atoms with Gasteiger partial charge >= 0.3 is 5.97 Å². The van der Waals surface area contributed by atoms with Crippen LogP contribution in [0.25, 0.3) is 0 Å². The summed E-state index contributed by atoms with van der Waals surface area (Å²) < 4.78 is 0. The third-order valence-corrected chi connectivity index (χ3v) is 2.87. The van der Waals surface area contributed by atoms with Gasteiger partial charge in [-0.2, -0.15) is 0 Å². The average molecular weight is 332 g/mol. The molecule has 0 radical (unpaired) electrons. The first-order valence-electron chi connectivity index (χ1n) is 7.16. The summed E-state index contributed by atoms with van der Waals surface area (Å²) in [7, 11) is 4.00. The van der Waals surface area contributed by atoms with E-state index in [4.69, 9.17) is 5.11 Å². The van der Waals surface area contributed by atoms with Crippen LogP contribution in [0.2, 0.25) is 0 Å². The Kier molecular flexibility index (Phi) is 7.86. The summed E-state index contributed by atoms with van der Waals surface area (Å²) in [6, 6.07) is 9.51. The Bertz CT molecular complexity index is 645. The molecule has 0 unspecified atom stereocenters. The zero-order chi connectivity index (χ0) is 17.9. The Hall–Kier alpha value is -3.00. The fourth-order valence-corrected chi connectivity index (χ4v) is 1.61. The molecule has 0 saturated heterocycles. The first-order valence-corrected chi connectivity index (χ1v) is 7.16. The zero-order valence-electron chi connectivity index (χ0n) is 13.5. The molecule has 1 heterocycles. The van der Waals surface area contributed by atoms with Crippen LogP contribution in [0.15, 0.2) is 48.8 Å². The van der Waals surface area contributed by atoms with E-state index in [1.165, 1.54) is 30.6 Å². The number of aromatic nitrogens is 1. The van der Waals surface area contributed by atoms with E-state index < -0.39 is 10.9 Å². The highest BCUT2D eigenvalue weighted by atomic mass is 16.6. The molecule has 0 aliphatic carbocycles. The lowest BCUT2D eigenvalue weighted by atomic mass is 10.3. The highest BCUT2D eigenvalue weighted by Crippen LogP contribution is 2.14. The molecule has 8 nitrogen and oxygen atoms in total. The highest BCUT2D eigenvalue weighted by Gasteiger charge is 2.03. The lowest BCUT2D eigenvalue weighted by molar-refractivity contribution is -0.384. The first kappa shape index (κ1) is 19.0. The number of nitrogens with zero attached hydrogens (tertiary/aromatic N) is 3. The van der Waals surface area contributed by atoms with Gasteiger partial charge in [-0.05, 0) is 38.4 Å². The smallest absolute Gasteiger partial charge is 0.337 e. The minimum absolute atomic E-state index is 0.119. The van der Waals surface area contributed by atoms with E-state index in [2.05, 4.69) is 15.2 Å². The van der Waals surface area contributed by atoms with Crippen molar-refractivity contribution >= 4 is 17.3 Å². The van der Waals surface area contributed by atoms with Crippen LogP contribution in [-0.2, 0) is 0 Å². The average Bonchev–Trinajstić information content (AvgIpc) is 2.56. The molecule has 0 saturated carbocycles. The number of anilines is 1. The molecule has 0 spiro atoms. The quantitative estimate of drug-likeness (QED) is 0.617. The number of benzene rings is 1. The maximum Gasteiger partial charge on any atom is 0.337 e. The number of rotatable bonds is 6. The number of pyridine rings is 1. The SMILES string of the molecule is CN(C)CCNc1ccc([N+](=O)[O-])cc1.O=C(O)c1cccnc1. The molecule has 1 aromatic heterocycles. The van der Waals surface area contributed by atoms with Crippen LogP contribution < -0.4 is 5.32 Å². The third kappa shape index (κ3) is 7.32. The van der Waals surface area contributed by atoms with Gasteiger partial charge in [-0.25, -0.2) is 4.79 Å². The van der Waals surface area contributed by atoms with Gasteiger partial charge in [0.15, 0.2) is 0 Å². The molecule has 2 N–H and O–H groups in total. The fraction of sp³-hybridized carbons (Fsp3) is 0.250. The molecular weight excluding hydrogens is 312 g/mol. The Morgan fingerprint density at radius 1 is 1.29 bits per heavy atom. The number of hydrogen-bond acceptors (Lipinski definition) is 6. The Morgan fingerprint density at radius 2 is 1.96 bits per heavy atom. The Morgan fingerprint density at radius 3 is 2.38 bits per heavy atom. The lowest BCUT2D eigenvalue weighted by Crippen LogP contribution is -2.20. The molecule has 0 fully saturated rings. The molecule has 2 rings (SSSR count).